The lowest BCUT2D eigenvalue weighted by molar-refractivity contribution is -0.121. The third-order valence-electron chi connectivity index (χ3n) is 5.40. The maximum Gasteiger partial charge on any atom is 0.222 e. The molecule has 0 radical (unpaired) electrons. The van der Waals surface area contributed by atoms with E-state index in [2.05, 4.69) is 23.2 Å². The second-order valence-corrected chi connectivity index (χ2v) is 8.75. The summed E-state index contributed by atoms with van der Waals surface area (Å²) in [6.45, 7) is 5.59. The number of anilines is 1. The molecule has 0 aliphatic carbocycles. The van der Waals surface area contributed by atoms with Crippen LogP contribution in [0.4, 0.5) is 5.82 Å². The first-order valence-corrected chi connectivity index (χ1v) is 11.9. The van der Waals surface area contributed by atoms with Gasteiger partial charge in [0.1, 0.15) is 5.82 Å². The molecule has 1 atom stereocenters. The Morgan fingerprint density at radius 1 is 1.00 bits per heavy atom. The van der Waals surface area contributed by atoms with E-state index in [-0.39, 0.29) is 11.9 Å². The molecule has 0 saturated heterocycles. The summed E-state index contributed by atoms with van der Waals surface area (Å²) in [5.74, 6) is 1.67. The molecule has 0 saturated carbocycles. The predicted octanol–water partition coefficient (Wildman–Crippen LogP) is 5.84. The van der Waals surface area contributed by atoms with E-state index in [1.807, 2.05) is 73.0 Å². The lowest BCUT2D eigenvalue weighted by Crippen LogP contribution is -2.33. The predicted molar refractivity (Wildman–Crippen MR) is 133 cm³/mol. The third kappa shape index (κ3) is 5.14. The molecule has 2 aromatic carbocycles. The second kappa shape index (κ2) is 10.4. The number of nitrogens with one attached hydrogen (secondary N) is 1. The zero-order valence-electron chi connectivity index (χ0n) is 18.5. The molecule has 4 aromatic rings. The summed E-state index contributed by atoms with van der Waals surface area (Å²) in [4.78, 5) is 25.7. The SMILES string of the molecule is CCCN(CCC(=O)N[C@H](C)c1ccccc1)c1nc(-c2cccs2)nc2ccccc12. The molecule has 0 spiro atoms. The number of fused-ring (bicyclic) bond motifs is 1. The maximum absolute atomic E-state index is 12.7. The van der Waals surface area contributed by atoms with Crippen LogP contribution in [0.3, 0.4) is 0 Å². The Balaban J connectivity index is 1.55. The number of carbonyl (C=O) groups excluding carboxylic acids is 1. The standard InChI is InChI=1S/C26H28N4OS/c1-3-16-30(17-15-24(31)27-19(2)20-10-5-4-6-11-20)26-21-12-7-8-13-22(21)28-25(29-26)23-14-9-18-32-23/h4-14,18-19H,3,15-17H2,1-2H3,(H,27,31)/t19-/m1/s1. The summed E-state index contributed by atoms with van der Waals surface area (Å²) in [6, 6.07) is 22.2. The zero-order chi connectivity index (χ0) is 22.3. The van der Waals surface area contributed by atoms with Crippen LogP contribution in [-0.2, 0) is 4.79 Å². The Morgan fingerprint density at radius 2 is 1.78 bits per heavy atom. The fraction of sp³-hybridized carbons (Fsp3) is 0.269. The third-order valence-corrected chi connectivity index (χ3v) is 6.27. The molecule has 2 aromatic heterocycles. The van der Waals surface area contributed by atoms with Crippen molar-refractivity contribution in [3.63, 3.8) is 0 Å². The fourth-order valence-electron chi connectivity index (χ4n) is 3.79. The lowest BCUT2D eigenvalue weighted by atomic mass is 10.1. The number of aromatic nitrogens is 2. The first kappa shape index (κ1) is 22.0. The molecule has 164 valence electrons. The van der Waals surface area contributed by atoms with E-state index >= 15 is 0 Å². The van der Waals surface area contributed by atoms with Crippen molar-refractivity contribution in [2.75, 3.05) is 18.0 Å². The van der Waals surface area contributed by atoms with Gasteiger partial charge < -0.3 is 10.2 Å². The molecule has 0 fully saturated rings. The Kier molecular flexibility index (Phi) is 7.12. The molecule has 5 nitrogen and oxygen atoms in total. The number of para-hydroxylation sites is 1. The molecule has 6 heteroatoms. The number of rotatable bonds is 9. The van der Waals surface area contributed by atoms with Gasteiger partial charge in [0.05, 0.1) is 16.4 Å². The van der Waals surface area contributed by atoms with E-state index < -0.39 is 0 Å². The molecule has 1 N–H and O–H groups in total. The van der Waals surface area contributed by atoms with Crippen LogP contribution in [0, 0.1) is 0 Å². The molecule has 0 aliphatic rings. The number of hydrogen-bond donors (Lipinski definition) is 1. The van der Waals surface area contributed by atoms with E-state index in [0.29, 0.717) is 13.0 Å². The Bertz CT molecular complexity index is 1160. The van der Waals surface area contributed by atoms with Crippen molar-refractivity contribution in [3.05, 3.63) is 77.7 Å². The second-order valence-electron chi connectivity index (χ2n) is 7.80. The molecular formula is C26H28N4OS. The van der Waals surface area contributed by atoms with E-state index in [1.165, 1.54) is 0 Å². The number of nitrogens with zero attached hydrogens (tertiary/aromatic N) is 3. The van der Waals surface area contributed by atoms with Crippen LogP contribution in [0.15, 0.2) is 72.1 Å². The van der Waals surface area contributed by atoms with Crippen LogP contribution in [0.2, 0.25) is 0 Å². The molecule has 0 unspecified atom stereocenters. The van der Waals surface area contributed by atoms with Crippen LogP contribution in [0.5, 0.6) is 0 Å². The van der Waals surface area contributed by atoms with Gasteiger partial charge in [0.2, 0.25) is 5.91 Å². The summed E-state index contributed by atoms with van der Waals surface area (Å²) in [5, 5.41) is 6.17. The highest BCUT2D eigenvalue weighted by Crippen LogP contribution is 2.29. The maximum atomic E-state index is 12.7. The van der Waals surface area contributed by atoms with Gasteiger partial charge in [-0.1, -0.05) is 55.5 Å². The topological polar surface area (TPSA) is 58.1 Å². The number of hydrogen-bond acceptors (Lipinski definition) is 5. The van der Waals surface area contributed by atoms with Crippen molar-refractivity contribution in [2.24, 2.45) is 0 Å². The van der Waals surface area contributed by atoms with Gasteiger partial charge in [0.25, 0.3) is 0 Å². The van der Waals surface area contributed by atoms with Gasteiger partial charge in [0.15, 0.2) is 5.82 Å². The van der Waals surface area contributed by atoms with Crippen LogP contribution in [-0.4, -0.2) is 29.0 Å². The van der Waals surface area contributed by atoms with Gasteiger partial charge in [-0.25, -0.2) is 9.97 Å². The Labute approximate surface area is 193 Å². The molecule has 32 heavy (non-hydrogen) atoms. The highest BCUT2D eigenvalue weighted by molar-refractivity contribution is 7.13. The molecule has 2 heterocycles. The van der Waals surface area contributed by atoms with E-state index in [1.54, 1.807) is 11.3 Å². The average molecular weight is 445 g/mol. The highest BCUT2D eigenvalue weighted by atomic mass is 32.1. The first-order valence-electron chi connectivity index (χ1n) is 11.1. The van der Waals surface area contributed by atoms with Crippen molar-refractivity contribution in [2.45, 2.75) is 32.7 Å². The van der Waals surface area contributed by atoms with Gasteiger partial charge in [-0.05, 0) is 42.5 Å². The quantitative estimate of drug-likeness (QED) is 0.352. The number of thiophene rings is 1. The van der Waals surface area contributed by atoms with Crippen LogP contribution in [0.25, 0.3) is 21.6 Å². The van der Waals surface area contributed by atoms with Crippen molar-refractivity contribution < 1.29 is 4.79 Å². The van der Waals surface area contributed by atoms with Crippen LogP contribution in [0.1, 0.15) is 38.3 Å². The Morgan fingerprint density at radius 3 is 2.53 bits per heavy atom. The van der Waals surface area contributed by atoms with Crippen molar-refractivity contribution in [1.29, 1.82) is 0 Å². The minimum atomic E-state index is -0.0198. The largest absolute Gasteiger partial charge is 0.355 e. The highest BCUT2D eigenvalue weighted by Gasteiger charge is 2.17. The molecule has 1 amide bonds. The van der Waals surface area contributed by atoms with Crippen molar-refractivity contribution in [3.8, 4) is 10.7 Å². The van der Waals surface area contributed by atoms with E-state index in [9.17, 15) is 4.79 Å². The van der Waals surface area contributed by atoms with Crippen LogP contribution < -0.4 is 10.2 Å². The van der Waals surface area contributed by atoms with Gasteiger partial charge >= 0.3 is 0 Å². The van der Waals surface area contributed by atoms with Gasteiger partial charge in [-0.2, -0.15) is 0 Å². The van der Waals surface area contributed by atoms with Crippen LogP contribution >= 0.6 is 11.3 Å². The summed E-state index contributed by atoms with van der Waals surface area (Å²) in [7, 11) is 0. The van der Waals surface area contributed by atoms with Gasteiger partial charge in [-0.15, -0.1) is 11.3 Å². The minimum absolute atomic E-state index is 0.0198. The van der Waals surface area contributed by atoms with Crippen molar-refractivity contribution >= 4 is 34.0 Å². The van der Waals surface area contributed by atoms with Crippen molar-refractivity contribution in [1.82, 2.24) is 15.3 Å². The molecule has 0 aliphatic heterocycles. The normalized spacial score (nSPS) is 11.9. The summed E-state index contributed by atoms with van der Waals surface area (Å²) in [5.41, 5.74) is 2.03. The van der Waals surface area contributed by atoms with Gasteiger partial charge in [0, 0.05) is 24.9 Å². The number of amides is 1. The monoisotopic (exact) mass is 444 g/mol. The first-order chi connectivity index (χ1) is 15.7. The molecule has 4 rings (SSSR count). The number of carbonyl (C=O) groups is 1. The summed E-state index contributed by atoms with van der Waals surface area (Å²) < 4.78 is 0. The van der Waals surface area contributed by atoms with E-state index in [0.717, 1.165) is 46.0 Å². The van der Waals surface area contributed by atoms with Gasteiger partial charge in [-0.3, -0.25) is 4.79 Å². The van der Waals surface area contributed by atoms with E-state index in [4.69, 9.17) is 9.97 Å². The minimum Gasteiger partial charge on any atom is -0.355 e. The summed E-state index contributed by atoms with van der Waals surface area (Å²) >= 11 is 1.63. The smallest absolute Gasteiger partial charge is 0.222 e. The zero-order valence-corrected chi connectivity index (χ0v) is 19.3. The molecular weight excluding hydrogens is 416 g/mol. The fourth-order valence-corrected chi connectivity index (χ4v) is 4.44. The Hall–Kier alpha value is -3.25. The molecule has 0 bridgehead atoms. The summed E-state index contributed by atoms with van der Waals surface area (Å²) in [6.07, 6.45) is 1.37. The number of benzene rings is 2. The average Bonchev–Trinajstić information content (AvgIpc) is 3.37. The lowest BCUT2D eigenvalue weighted by Gasteiger charge is -2.25.